The third-order valence-corrected chi connectivity index (χ3v) is 9.07. The molecule has 0 saturated carbocycles. The summed E-state index contributed by atoms with van der Waals surface area (Å²) in [6.07, 6.45) is -1.12. The standard InChI is InChI=1S/C22H33B2O8PSe/c1-14(2)27-13-22(34-16-8-6-5-7-9-16)19(11-21(24)31-22)32-33(25,26)28-12-18-17(29-15(3)4)10-20(23)30-18/h5-9,14-15,17-21H,10-13H2,1-4H3,(H,25,26). The second kappa shape index (κ2) is 12.4. The molecule has 7 atom stereocenters. The molecule has 2 aliphatic rings. The minimum absolute atomic E-state index is 0.0440. The molecule has 34 heavy (non-hydrogen) atoms. The van der Waals surface area contributed by atoms with E-state index in [4.69, 9.17) is 43.7 Å². The van der Waals surface area contributed by atoms with Crippen molar-refractivity contribution in [1.29, 1.82) is 0 Å². The van der Waals surface area contributed by atoms with Crippen molar-refractivity contribution in [3.63, 3.8) is 0 Å². The van der Waals surface area contributed by atoms with E-state index in [1.807, 2.05) is 58.0 Å². The Morgan fingerprint density at radius 2 is 1.85 bits per heavy atom. The van der Waals surface area contributed by atoms with Crippen LogP contribution < -0.4 is 4.46 Å². The Hall–Kier alpha value is -0.181. The molecular formula is C22H33B2O8PSe. The topological polar surface area (TPSA) is 92.7 Å². The molecule has 0 aromatic heterocycles. The molecule has 8 nitrogen and oxygen atoms in total. The van der Waals surface area contributed by atoms with Gasteiger partial charge in [0.1, 0.15) is 0 Å². The second-order valence-electron chi connectivity index (χ2n) is 9.01. The van der Waals surface area contributed by atoms with Gasteiger partial charge in [0, 0.05) is 0 Å². The summed E-state index contributed by atoms with van der Waals surface area (Å²) in [4.78, 5) is 10.6. The Labute approximate surface area is 211 Å². The SMILES string of the molecule is [B]C1CC(OC(C)C)C(COP(=O)(O)OC2CC([B])OC2(COC(C)C)[Se]c2ccccc2)O1. The molecule has 1 N–H and O–H groups in total. The Morgan fingerprint density at radius 3 is 2.50 bits per heavy atom. The van der Waals surface area contributed by atoms with Crippen LogP contribution >= 0.6 is 7.82 Å². The van der Waals surface area contributed by atoms with Gasteiger partial charge in [-0.05, 0) is 0 Å². The molecule has 0 spiro atoms. The molecule has 0 bridgehead atoms. The summed E-state index contributed by atoms with van der Waals surface area (Å²) < 4.78 is 47.5. The van der Waals surface area contributed by atoms with Crippen LogP contribution in [0.5, 0.6) is 0 Å². The Kier molecular flexibility index (Phi) is 10.3. The molecular weight excluding hydrogens is 524 g/mol. The van der Waals surface area contributed by atoms with Crippen molar-refractivity contribution >= 4 is 42.9 Å². The van der Waals surface area contributed by atoms with E-state index in [-0.39, 0.29) is 52.9 Å². The first-order valence-corrected chi connectivity index (χ1v) is 14.7. The number of phosphoric ester groups is 1. The third kappa shape index (κ3) is 8.17. The summed E-state index contributed by atoms with van der Waals surface area (Å²) in [6, 6.07) is 8.56. The van der Waals surface area contributed by atoms with Gasteiger partial charge in [-0.2, -0.15) is 0 Å². The maximum absolute atomic E-state index is 13.0. The molecule has 2 fully saturated rings. The fraction of sp³-hybridized carbons (Fsp3) is 0.727. The van der Waals surface area contributed by atoms with E-state index in [2.05, 4.69) is 0 Å². The van der Waals surface area contributed by atoms with Gasteiger partial charge in [0.2, 0.25) is 0 Å². The number of hydrogen-bond donors (Lipinski definition) is 1. The van der Waals surface area contributed by atoms with Crippen molar-refractivity contribution in [1.82, 2.24) is 0 Å². The number of hydrogen-bond acceptors (Lipinski definition) is 7. The predicted octanol–water partition coefficient (Wildman–Crippen LogP) is 1.63. The van der Waals surface area contributed by atoms with Crippen molar-refractivity contribution in [2.24, 2.45) is 0 Å². The quantitative estimate of drug-likeness (QED) is 0.307. The van der Waals surface area contributed by atoms with Crippen molar-refractivity contribution < 1.29 is 37.5 Å². The molecule has 2 aliphatic heterocycles. The van der Waals surface area contributed by atoms with E-state index in [9.17, 15) is 9.46 Å². The first-order valence-electron chi connectivity index (χ1n) is 11.5. The van der Waals surface area contributed by atoms with Crippen LogP contribution in [0, 0.1) is 0 Å². The van der Waals surface area contributed by atoms with E-state index in [0.29, 0.717) is 6.42 Å². The van der Waals surface area contributed by atoms with Gasteiger partial charge in [0.25, 0.3) is 0 Å². The van der Waals surface area contributed by atoms with Crippen LogP contribution in [0.2, 0.25) is 0 Å². The van der Waals surface area contributed by atoms with Crippen LogP contribution in [0.4, 0.5) is 0 Å². The van der Waals surface area contributed by atoms with Gasteiger partial charge >= 0.3 is 211 Å². The molecule has 0 aliphatic carbocycles. The van der Waals surface area contributed by atoms with Crippen molar-refractivity contribution in [3.8, 4) is 0 Å². The van der Waals surface area contributed by atoms with Gasteiger partial charge in [-0.3, -0.25) is 0 Å². The molecule has 2 saturated heterocycles. The molecule has 186 valence electrons. The van der Waals surface area contributed by atoms with Crippen molar-refractivity contribution in [3.05, 3.63) is 30.3 Å². The van der Waals surface area contributed by atoms with Gasteiger partial charge in [-0.1, -0.05) is 0 Å². The zero-order valence-corrected chi connectivity index (χ0v) is 22.7. The zero-order chi connectivity index (χ0) is 24.9. The molecule has 0 amide bonds. The molecule has 7 unspecified atom stereocenters. The number of ether oxygens (including phenoxy) is 4. The second-order valence-corrected chi connectivity index (χ2v) is 13.3. The summed E-state index contributed by atoms with van der Waals surface area (Å²) in [5.74, 6) is 0. The summed E-state index contributed by atoms with van der Waals surface area (Å²) in [6.45, 7) is 7.60. The van der Waals surface area contributed by atoms with Crippen LogP contribution in [-0.2, 0) is 32.6 Å². The van der Waals surface area contributed by atoms with Gasteiger partial charge in [0.15, 0.2) is 0 Å². The monoisotopic (exact) mass is 558 g/mol. The van der Waals surface area contributed by atoms with E-state index in [1.165, 1.54) is 0 Å². The number of phosphoric acid groups is 1. The fourth-order valence-electron chi connectivity index (χ4n) is 3.86. The summed E-state index contributed by atoms with van der Waals surface area (Å²) >= 11 is -0.320. The van der Waals surface area contributed by atoms with Gasteiger partial charge in [0.05, 0.1) is 0 Å². The normalized spacial score (nSPS) is 33.6. The van der Waals surface area contributed by atoms with Crippen LogP contribution in [0.15, 0.2) is 30.3 Å². The van der Waals surface area contributed by atoms with E-state index in [1.54, 1.807) is 0 Å². The summed E-state index contributed by atoms with van der Waals surface area (Å²) in [7, 11) is 7.51. The van der Waals surface area contributed by atoms with E-state index in [0.717, 1.165) is 4.46 Å². The minimum atomic E-state index is -4.49. The van der Waals surface area contributed by atoms with Crippen LogP contribution in [-0.4, -0.2) is 95.8 Å². The molecule has 4 radical (unpaired) electrons. The van der Waals surface area contributed by atoms with Crippen LogP contribution in [0.1, 0.15) is 40.5 Å². The van der Waals surface area contributed by atoms with Gasteiger partial charge in [-0.25, -0.2) is 0 Å². The van der Waals surface area contributed by atoms with Gasteiger partial charge < -0.3 is 0 Å². The number of benzene rings is 1. The molecule has 12 heteroatoms. The van der Waals surface area contributed by atoms with Crippen molar-refractivity contribution in [2.45, 2.75) is 87.6 Å². The Morgan fingerprint density at radius 1 is 1.15 bits per heavy atom. The first kappa shape index (κ1) is 28.4. The predicted molar refractivity (Wildman–Crippen MR) is 131 cm³/mol. The zero-order valence-electron chi connectivity index (χ0n) is 20.1. The summed E-state index contributed by atoms with van der Waals surface area (Å²) in [5.41, 5.74) is 0. The van der Waals surface area contributed by atoms with Crippen molar-refractivity contribution in [2.75, 3.05) is 13.2 Å². The Balaban J connectivity index is 1.71. The molecule has 2 heterocycles. The first-order chi connectivity index (χ1) is 16.0. The third-order valence-electron chi connectivity index (χ3n) is 5.28. The molecule has 1 aromatic rings. The van der Waals surface area contributed by atoms with Crippen LogP contribution in [0.25, 0.3) is 0 Å². The van der Waals surface area contributed by atoms with Gasteiger partial charge in [-0.15, -0.1) is 0 Å². The summed E-state index contributed by atoms with van der Waals surface area (Å²) in [5, 5.41) is 0. The number of rotatable bonds is 12. The molecule has 3 rings (SSSR count). The Bertz CT molecular complexity index is 819. The van der Waals surface area contributed by atoms with E-state index < -0.39 is 36.5 Å². The average Bonchev–Trinajstić information content (AvgIpc) is 3.23. The fourth-order valence-corrected chi connectivity index (χ4v) is 7.65. The van der Waals surface area contributed by atoms with E-state index >= 15 is 0 Å². The maximum atomic E-state index is 13.0. The average molecular weight is 557 g/mol. The molecule has 1 aromatic carbocycles. The van der Waals surface area contributed by atoms with Crippen LogP contribution in [0.3, 0.4) is 0 Å².